The first-order valence-electron chi connectivity index (χ1n) is 11.1. The molecule has 1 atom stereocenters. The maximum absolute atomic E-state index is 14.2. The Morgan fingerprint density at radius 3 is 2.74 bits per heavy atom. The third kappa shape index (κ3) is 4.05. The van der Waals surface area contributed by atoms with Gasteiger partial charge in [0.15, 0.2) is 0 Å². The fourth-order valence-electron chi connectivity index (χ4n) is 4.65. The molecule has 1 aliphatic rings. The Hall–Kier alpha value is -4.03. The molecule has 0 bridgehead atoms. The third-order valence-corrected chi connectivity index (χ3v) is 7.39. The Kier molecular flexibility index (Phi) is 5.61. The van der Waals surface area contributed by atoms with Gasteiger partial charge in [-0.25, -0.2) is 4.39 Å². The maximum Gasteiger partial charge on any atom is 0.408 e. The van der Waals surface area contributed by atoms with Crippen molar-refractivity contribution < 1.29 is 27.2 Å². The van der Waals surface area contributed by atoms with Gasteiger partial charge < -0.3 is 10.6 Å². The van der Waals surface area contributed by atoms with Gasteiger partial charge in [-0.1, -0.05) is 29.8 Å². The molecule has 13 heteroatoms. The van der Waals surface area contributed by atoms with Crippen molar-refractivity contribution in [1.29, 1.82) is 0 Å². The van der Waals surface area contributed by atoms with Gasteiger partial charge in [0, 0.05) is 32.6 Å². The van der Waals surface area contributed by atoms with Crippen molar-refractivity contribution >= 4 is 61.6 Å². The van der Waals surface area contributed by atoms with Gasteiger partial charge in [0.25, 0.3) is 11.8 Å². The lowest BCUT2D eigenvalue weighted by Gasteiger charge is -2.18. The number of aromatic nitrogens is 3. The van der Waals surface area contributed by atoms with Crippen molar-refractivity contribution in [3.63, 3.8) is 0 Å². The quantitative estimate of drug-likeness (QED) is 0.261. The predicted octanol–water partition coefficient (Wildman–Crippen LogP) is 6.09. The summed E-state index contributed by atoms with van der Waals surface area (Å²) in [7, 11) is 0. The highest BCUT2D eigenvalue weighted by atomic mass is 35.5. The van der Waals surface area contributed by atoms with Crippen LogP contribution in [0, 0.1) is 5.82 Å². The number of amides is 2. The molecule has 3 heterocycles. The standard InChI is InChI=1S/C25H14ClF4N5O2S/c26-15-6-5-11(27)7-13(15)21-20-16(32-24(37)22-12-3-1-2-4-18(12)38-34-22)8-17-14(19(20)23(36)33-21)9-31-35(17)10-25(28,29)30/h1-9,21H,10H2,(H,32,37)(H,33,36)/t21-/m1/s1. The van der Waals surface area contributed by atoms with Crippen LogP contribution in [0.2, 0.25) is 5.02 Å². The number of carbonyl (C=O) groups is 2. The first-order chi connectivity index (χ1) is 18.1. The first kappa shape index (κ1) is 24.3. The molecule has 3 aromatic carbocycles. The largest absolute Gasteiger partial charge is 0.408 e. The highest BCUT2D eigenvalue weighted by molar-refractivity contribution is 7.13. The van der Waals surface area contributed by atoms with Gasteiger partial charge in [-0.2, -0.15) is 22.6 Å². The zero-order chi connectivity index (χ0) is 26.8. The number of benzene rings is 3. The summed E-state index contributed by atoms with van der Waals surface area (Å²) in [5.74, 6) is -1.86. The minimum absolute atomic E-state index is 0.0133. The van der Waals surface area contributed by atoms with E-state index in [1.165, 1.54) is 12.1 Å². The molecular formula is C25H14ClF4N5O2S. The van der Waals surface area contributed by atoms with Crippen LogP contribution in [0.25, 0.3) is 21.0 Å². The smallest absolute Gasteiger partial charge is 0.341 e. The van der Waals surface area contributed by atoms with E-state index in [0.717, 1.165) is 34.6 Å². The molecule has 2 aromatic heterocycles. The second-order valence-electron chi connectivity index (χ2n) is 8.62. The van der Waals surface area contributed by atoms with E-state index in [1.807, 2.05) is 0 Å². The zero-order valence-corrected chi connectivity index (χ0v) is 20.5. The molecule has 0 spiro atoms. The van der Waals surface area contributed by atoms with Crippen molar-refractivity contribution in [2.45, 2.75) is 18.8 Å². The van der Waals surface area contributed by atoms with Crippen LogP contribution < -0.4 is 10.6 Å². The minimum Gasteiger partial charge on any atom is -0.341 e. The summed E-state index contributed by atoms with van der Waals surface area (Å²) >= 11 is 7.45. The van der Waals surface area contributed by atoms with E-state index in [0.29, 0.717) is 10.1 Å². The zero-order valence-electron chi connectivity index (χ0n) is 18.9. The van der Waals surface area contributed by atoms with Crippen molar-refractivity contribution in [1.82, 2.24) is 19.5 Å². The summed E-state index contributed by atoms with van der Waals surface area (Å²) in [6, 6.07) is 11.0. The number of carbonyl (C=O) groups excluding carboxylic acids is 2. The number of hydrogen-bond donors (Lipinski definition) is 2. The Morgan fingerprint density at radius 2 is 1.95 bits per heavy atom. The molecule has 38 heavy (non-hydrogen) atoms. The van der Waals surface area contributed by atoms with Gasteiger partial charge in [-0.15, -0.1) is 0 Å². The normalized spacial score (nSPS) is 15.2. The lowest BCUT2D eigenvalue weighted by Crippen LogP contribution is -2.21. The number of anilines is 1. The van der Waals surface area contributed by atoms with E-state index in [4.69, 9.17) is 11.6 Å². The lowest BCUT2D eigenvalue weighted by molar-refractivity contribution is -0.141. The van der Waals surface area contributed by atoms with Gasteiger partial charge >= 0.3 is 6.18 Å². The Bertz CT molecular complexity index is 1780. The molecule has 1 aliphatic heterocycles. The summed E-state index contributed by atoms with van der Waals surface area (Å²) in [5.41, 5.74) is 0.605. The van der Waals surface area contributed by atoms with E-state index in [9.17, 15) is 27.2 Å². The third-order valence-electron chi connectivity index (χ3n) is 6.22. The summed E-state index contributed by atoms with van der Waals surface area (Å²) in [5, 5.41) is 10.2. The predicted molar refractivity (Wildman–Crippen MR) is 134 cm³/mol. The van der Waals surface area contributed by atoms with Crippen LogP contribution in [0.1, 0.15) is 38.0 Å². The summed E-state index contributed by atoms with van der Waals surface area (Å²) in [4.78, 5) is 26.5. The minimum atomic E-state index is -4.58. The number of rotatable bonds is 4. The monoisotopic (exact) mass is 559 g/mol. The van der Waals surface area contributed by atoms with Crippen LogP contribution in [0.15, 0.2) is 54.7 Å². The van der Waals surface area contributed by atoms with E-state index < -0.39 is 36.4 Å². The number of alkyl halides is 3. The van der Waals surface area contributed by atoms with Crippen molar-refractivity contribution in [2.24, 2.45) is 0 Å². The number of fused-ring (bicyclic) bond motifs is 4. The fourth-order valence-corrected chi connectivity index (χ4v) is 5.65. The van der Waals surface area contributed by atoms with Gasteiger partial charge in [0.2, 0.25) is 0 Å². The second kappa shape index (κ2) is 8.77. The van der Waals surface area contributed by atoms with Crippen LogP contribution in [0.3, 0.4) is 0 Å². The van der Waals surface area contributed by atoms with E-state index in [1.54, 1.807) is 24.3 Å². The SMILES string of the molecule is O=C(Nc1cc2c(cnn2CC(F)(F)F)c2c1[C@@H](c1cc(F)ccc1Cl)NC2=O)c1nsc2ccccc12. The van der Waals surface area contributed by atoms with Crippen molar-refractivity contribution in [3.05, 3.63) is 88.0 Å². The number of hydrogen-bond acceptors (Lipinski definition) is 5. The van der Waals surface area contributed by atoms with Crippen LogP contribution in [0.5, 0.6) is 0 Å². The highest BCUT2D eigenvalue weighted by Crippen LogP contribution is 2.43. The van der Waals surface area contributed by atoms with Crippen molar-refractivity contribution in [3.8, 4) is 0 Å². The van der Waals surface area contributed by atoms with E-state index in [-0.39, 0.29) is 44.0 Å². The van der Waals surface area contributed by atoms with Crippen LogP contribution in [-0.2, 0) is 6.54 Å². The molecule has 0 saturated carbocycles. The second-order valence-corrected chi connectivity index (χ2v) is 9.83. The van der Waals surface area contributed by atoms with Crippen LogP contribution in [-0.4, -0.2) is 32.1 Å². The summed E-state index contributed by atoms with van der Waals surface area (Å²) < 4.78 is 59.6. The number of nitrogens with zero attached hydrogens (tertiary/aromatic N) is 3. The van der Waals surface area contributed by atoms with Gasteiger partial charge in [0.1, 0.15) is 18.1 Å². The van der Waals surface area contributed by atoms with Gasteiger partial charge in [-0.05, 0) is 41.9 Å². The molecule has 192 valence electrons. The lowest BCUT2D eigenvalue weighted by atomic mass is 9.94. The molecule has 2 amide bonds. The fraction of sp³-hybridized carbons (Fsp3) is 0.120. The van der Waals surface area contributed by atoms with Gasteiger partial charge in [-0.3, -0.25) is 14.3 Å². The Morgan fingerprint density at radius 1 is 1.16 bits per heavy atom. The summed E-state index contributed by atoms with van der Waals surface area (Å²) in [6.07, 6.45) is -3.42. The Labute approximate surface area is 220 Å². The topological polar surface area (TPSA) is 88.9 Å². The van der Waals surface area contributed by atoms with Crippen LogP contribution >= 0.6 is 23.1 Å². The molecule has 6 rings (SSSR count). The number of halogens is 5. The van der Waals surface area contributed by atoms with Crippen molar-refractivity contribution in [2.75, 3.05) is 5.32 Å². The average Bonchev–Trinajstić information content (AvgIpc) is 3.55. The molecule has 2 N–H and O–H groups in total. The van der Waals surface area contributed by atoms with E-state index >= 15 is 0 Å². The number of nitrogens with one attached hydrogen (secondary N) is 2. The molecule has 0 radical (unpaired) electrons. The molecule has 0 fully saturated rings. The first-order valence-corrected chi connectivity index (χ1v) is 12.3. The Balaban J connectivity index is 1.55. The maximum atomic E-state index is 14.2. The molecule has 7 nitrogen and oxygen atoms in total. The molecule has 5 aromatic rings. The van der Waals surface area contributed by atoms with Gasteiger partial charge in [0.05, 0.1) is 28.0 Å². The molecule has 0 unspecified atom stereocenters. The molecule has 0 aliphatic carbocycles. The highest BCUT2D eigenvalue weighted by Gasteiger charge is 2.38. The molecule has 0 saturated heterocycles. The summed E-state index contributed by atoms with van der Waals surface area (Å²) in [6.45, 7) is -1.40. The molecular weight excluding hydrogens is 546 g/mol. The van der Waals surface area contributed by atoms with Crippen LogP contribution in [0.4, 0.5) is 23.2 Å². The average molecular weight is 560 g/mol. The van der Waals surface area contributed by atoms with E-state index in [2.05, 4.69) is 20.1 Å².